The Morgan fingerprint density at radius 1 is 1.20 bits per heavy atom. The van der Waals surface area contributed by atoms with E-state index in [9.17, 15) is 9.18 Å². The predicted octanol–water partition coefficient (Wildman–Crippen LogP) is 3.13. The van der Waals surface area contributed by atoms with Gasteiger partial charge in [-0.15, -0.1) is 0 Å². The fraction of sp³-hybridized carbons (Fsp3) is 0.176. The Bertz CT molecular complexity index is 896. The number of aryl methyl sites for hydroxylation is 2. The Morgan fingerprint density at radius 3 is 2.68 bits per heavy atom. The standard InChI is InChI=1S/C17H16FN5O2/c1-10-14(8-5-9-19-10)21-17(24)22-15(16-20-11(2)25-23-16)12-6-3-4-7-13(12)18/h3-9,15H,1-2H3,(H2,21,22,24)/t15-/m0/s1. The molecular weight excluding hydrogens is 325 g/mol. The number of amides is 2. The van der Waals surface area contributed by atoms with Gasteiger partial charge in [-0.2, -0.15) is 4.98 Å². The van der Waals surface area contributed by atoms with E-state index in [2.05, 4.69) is 25.8 Å². The minimum Gasteiger partial charge on any atom is -0.340 e. The Labute approximate surface area is 143 Å². The highest BCUT2D eigenvalue weighted by Crippen LogP contribution is 2.23. The van der Waals surface area contributed by atoms with Crippen LogP contribution in [-0.2, 0) is 0 Å². The molecule has 2 amide bonds. The van der Waals surface area contributed by atoms with Crippen molar-refractivity contribution in [1.82, 2.24) is 20.4 Å². The summed E-state index contributed by atoms with van der Waals surface area (Å²) in [7, 11) is 0. The van der Waals surface area contributed by atoms with E-state index in [1.165, 1.54) is 6.07 Å². The van der Waals surface area contributed by atoms with Crippen LogP contribution in [0.2, 0.25) is 0 Å². The van der Waals surface area contributed by atoms with Gasteiger partial charge in [-0.1, -0.05) is 23.4 Å². The average molecular weight is 341 g/mol. The molecule has 0 spiro atoms. The van der Waals surface area contributed by atoms with Crippen molar-refractivity contribution < 1.29 is 13.7 Å². The van der Waals surface area contributed by atoms with Gasteiger partial charge >= 0.3 is 6.03 Å². The molecule has 0 aliphatic heterocycles. The summed E-state index contributed by atoms with van der Waals surface area (Å²) in [4.78, 5) is 20.6. The van der Waals surface area contributed by atoms with Gasteiger partial charge in [0.2, 0.25) is 5.89 Å². The normalized spacial score (nSPS) is 11.8. The molecule has 0 bridgehead atoms. The molecule has 2 heterocycles. The topological polar surface area (TPSA) is 92.9 Å². The van der Waals surface area contributed by atoms with Gasteiger partial charge in [0.25, 0.3) is 0 Å². The number of hydrogen-bond acceptors (Lipinski definition) is 5. The molecule has 0 fully saturated rings. The molecule has 25 heavy (non-hydrogen) atoms. The predicted molar refractivity (Wildman–Crippen MR) is 88.4 cm³/mol. The van der Waals surface area contributed by atoms with E-state index >= 15 is 0 Å². The average Bonchev–Trinajstić information content (AvgIpc) is 3.02. The van der Waals surface area contributed by atoms with Crippen molar-refractivity contribution in [2.75, 3.05) is 5.32 Å². The lowest BCUT2D eigenvalue weighted by Gasteiger charge is -2.17. The summed E-state index contributed by atoms with van der Waals surface area (Å²) in [6, 6.07) is 8.10. The summed E-state index contributed by atoms with van der Waals surface area (Å²) in [6.45, 7) is 3.39. The largest absolute Gasteiger partial charge is 0.340 e. The Kier molecular flexibility index (Phi) is 4.69. The first-order valence-corrected chi connectivity index (χ1v) is 7.58. The second-order valence-corrected chi connectivity index (χ2v) is 5.36. The zero-order valence-electron chi connectivity index (χ0n) is 13.7. The van der Waals surface area contributed by atoms with Crippen molar-refractivity contribution >= 4 is 11.7 Å². The number of pyridine rings is 1. The molecule has 1 aromatic carbocycles. The molecule has 2 N–H and O–H groups in total. The first kappa shape index (κ1) is 16.6. The fourth-order valence-electron chi connectivity index (χ4n) is 2.33. The molecule has 0 saturated carbocycles. The SMILES string of the molecule is Cc1nc([C@@H](NC(=O)Nc2cccnc2C)c2ccccc2F)no1. The molecule has 3 aromatic rings. The number of carbonyl (C=O) groups is 1. The van der Waals surface area contributed by atoms with Crippen molar-refractivity contribution in [2.24, 2.45) is 0 Å². The number of nitrogens with one attached hydrogen (secondary N) is 2. The molecule has 128 valence electrons. The van der Waals surface area contributed by atoms with Crippen LogP contribution in [0.4, 0.5) is 14.9 Å². The van der Waals surface area contributed by atoms with E-state index in [0.717, 1.165) is 0 Å². The lowest BCUT2D eigenvalue weighted by atomic mass is 10.1. The van der Waals surface area contributed by atoms with Gasteiger partial charge in [0.15, 0.2) is 5.82 Å². The number of carbonyl (C=O) groups excluding carboxylic acids is 1. The van der Waals surface area contributed by atoms with Crippen LogP contribution in [-0.4, -0.2) is 21.2 Å². The number of hydrogen-bond donors (Lipinski definition) is 2. The first-order chi connectivity index (χ1) is 12.0. The van der Waals surface area contributed by atoms with E-state index in [-0.39, 0.29) is 11.4 Å². The van der Waals surface area contributed by atoms with Gasteiger partial charge in [0.05, 0.1) is 11.4 Å². The second kappa shape index (κ2) is 7.08. The number of nitrogens with zero attached hydrogens (tertiary/aromatic N) is 3. The number of rotatable bonds is 4. The van der Waals surface area contributed by atoms with Crippen molar-refractivity contribution in [3.63, 3.8) is 0 Å². The number of urea groups is 1. The van der Waals surface area contributed by atoms with E-state index in [1.54, 1.807) is 50.4 Å². The summed E-state index contributed by atoms with van der Waals surface area (Å²) < 4.78 is 19.2. The molecule has 0 unspecified atom stereocenters. The molecular formula is C17H16FN5O2. The number of aromatic nitrogens is 3. The van der Waals surface area contributed by atoms with E-state index in [1.807, 2.05) is 0 Å². The maximum Gasteiger partial charge on any atom is 0.320 e. The van der Waals surface area contributed by atoms with Gasteiger partial charge in [0.1, 0.15) is 11.9 Å². The Hall–Kier alpha value is -3.29. The molecule has 1 atom stereocenters. The Morgan fingerprint density at radius 2 is 2.00 bits per heavy atom. The molecule has 3 rings (SSSR count). The van der Waals surface area contributed by atoms with Crippen LogP contribution < -0.4 is 10.6 Å². The summed E-state index contributed by atoms with van der Waals surface area (Å²) in [5.41, 5.74) is 1.45. The summed E-state index contributed by atoms with van der Waals surface area (Å²) in [6.07, 6.45) is 1.63. The molecule has 7 nitrogen and oxygen atoms in total. The van der Waals surface area contributed by atoms with Crippen LogP contribution in [0.1, 0.15) is 29.0 Å². The third-order valence-corrected chi connectivity index (χ3v) is 3.55. The smallest absolute Gasteiger partial charge is 0.320 e. The van der Waals surface area contributed by atoms with Gasteiger partial charge in [-0.05, 0) is 25.1 Å². The highest BCUT2D eigenvalue weighted by molar-refractivity contribution is 5.90. The minimum absolute atomic E-state index is 0.167. The van der Waals surface area contributed by atoms with Crippen molar-refractivity contribution in [3.8, 4) is 0 Å². The van der Waals surface area contributed by atoms with Crippen molar-refractivity contribution in [3.05, 3.63) is 71.4 Å². The summed E-state index contributed by atoms with van der Waals surface area (Å²) in [5.74, 6) is 0.00937. The molecule has 0 aliphatic carbocycles. The van der Waals surface area contributed by atoms with E-state index < -0.39 is 17.9 Å². The molecule has 8 heteroatoms. The van der Waals surface area contributed by atoms with Gasteiger partial charge < -0.3 is 15.2 Å². The Balaban J connectivity index is 1.87. The molecule has 0 aliphatic rings. The fourth-order valence-corrected chi connectivity index (χ4v) is 2.33. The summed E-state index contributed by atoms with van der Waals surface area (Å²) in [5, 5.41) is 9.17. The quantitative estimate of drug-likeness (QED) is 0.760. The van der Waals surface area contributed by atoms with Crippen molar-refractivity contribution in [1.29, 1.82) is 0 Å². The maximum absolute atomic E-state index is 14.2. The summed E-state index contributed by atoms with van der Waals surface area (Å²) >= 11 is 0. The minimum atomic E-state index is -0.893. The highest BCUT2D eigenvalue weighted by Gasteiger charge is 2.24. The molecule has 0 saturated heterocycles. The van der Waals surface area contributed by atoms with Crippen LogP contribution in [0.5, 0.6) is 0 Å². The van der Waals surface area contributed by atoms with Crippen molar-refractivity contribution in [2.45, 2.75) is 19.9 Å². The third-order valence-electron chi connectivity index (χ3n) is 3.55. The number of halogens is 1. The van der Waals surface area contributed by atoms with Crippen LogP contribution in [0.15, 0.2) is 47.1 Å². The lowest BCUT2D eigenvalue weighted by Crippen LogP contribution is -2.34. The molecule has 0 radical (unpaired) electrons. The highest BCUT2D eigenvalue weighted by atomic mass is 19.1. The zero-order chi connectivity index (χ0) is 17.8. The number of anilines is 1. The van der Waals surface area contributed by atoms with Crippen LogP contribution in [0.3, 0.4) is 0 Å². The third kappa shape index (κ3) is 3.79. The van der Waals surface area contributed by atoms with Gasteiger partial charge in [0, 0.05) is 18.7 Å². The van der Waals surface area contributed by atoms with E-state index in [0.29, 0.717) is 17.3 Å². The van der Waals surface area contributed by atoms with Gasteiger partial charge in [-0.3, -0.25) is 4.98 Å². The maximum atomic E-state index is 14.2. The lowest BCUT2D eigenvalue weighted by molar-refractivity contribution is 0.249. The number of benzene rings is 1. The molecule has 2 aromatic heterocycles. The van der Waals surface area contributed by atoms with Crippen LogP contribution >= 0.6 is 0 Å². The van der Waals surface area contributed by atoms with Gasteiger partial charge in [-0.25, -0.2) is 9.18 Å². The van der Waals surface area contributed by atoms with Crippen LogP contribution in [0.25, 0.3) is 0 Å². The first-order valence-electron chi connectivity index (χ1n) is 7.58. The zero-order valence-corrected chi connectivity index (χ0v) is 13.7. The van der Waals surface area contributed by atoms with E-state index in [4.69, 9.17) is 4.52 Å². The van der Waals surface area contributed by atoms with Crippen LogP contribution in [0, 0.1) is 19.7 Å². The second-order valence-electron chi connectivity index (χ2n) is 5.36. The monoisotopic (exact) mass is 341 g/mol.